The molecular formula is C23H24N4O4. The molecular weight excluding hydrogens is 396 g/mol. The predicted molar refractivity (Wildman–Crippen MR) is 114 cm³/mol. The summed E-state index contributed by atoms with van der Waals surface area (Å²) >= 11 is 0. The number of aromatic nitrogens is 3. The molecule has 0 saturated heterocycles. The second-order valence-electron chi connectivity index (χ2n) is 7.09. The molecule has 0 atom stereocenters. The monoisotopic (exact) mass is 420 g/mol. The molecule has 1 aromatic carbocycles. The van der Waals surface area contributed by atoms with Crippen molar-refractivity contribution >= 4 is 12.0 Å². The quantitative estimate of drug-likeness (QED) is 0.310. The van der Waals surface area contributed by atoms with E-state index in [4.69, 9.17) is 14.0 Å². The van der Waals surface area contributed by atoms with Crippen LogP contribution in [0.15, 0.2) is 40.4 Å². The highest BCUT2D eigenvalue weighted by Crippen LogP contribution is 2.20. The van der Waals surface area contributed by atoms with Crippen molar-refractivity contribution in [2.45, 2.75) is 33.9 Å². The van der Waals surface area contributed by atoms with E-state index in [2.05, 4.69) is 14.7 Å². The van der Waals surface area contributed by atoms with Crippen molar-refractivity contribution < 1.29 is 18.8 Å². The number of rotatable bonds is 8. The van der Waals surface area contributed by atoms with Gasteiger partial charge >= 0.3 is 5.97 Å². The number of hydrogen-bond donors (Lipinski definition) is 0. The highest BCUT2D eigenvalue weighted by Gasteiger charge is 2.16. The van der Waals surface area contributed by atoms with Crippen molar-refractivity contribution in [2.24, 2.45) is 0 Å². The van der Waals surface area contributed by atoms with Crippen LogP contribution >= 0.6 is 0 Å². The molecule has 0 aliphatic heterocycles. The third-order valence-electron chi connectivity index (χ3n) is 4.88. The van der Waals surface area contributed by atoms with Gasteiger partial charge in [0.15, 0.2) is 6.61 Å². The zero-order chi connectivity index (χ0) is 22.4. The van der Waals surface area contributed by atoms with E-state index in [1.165, 1.54) is 6.08 Å². The summed E-state index contributed by atoms with van der Waals surface area (Å²) in [5, 5.41) is 13.3. The minimum atomic E-state index is -0.751. The lowest BCUT2D eigenvalue weighted by Gasteiger charge is -2.08. The van der Waals surface area contributed by atoms with E-state index in [-0.39, 0.29) is 18.1 Å². The van der Waals surface area contributed by atoms with Gasteiger partial charge in [0.25, 0.3) is 5.89 Å². The molecule has 3 aromatic rings. The molecule has 0 unspecified atom stereocenters. The van der Waals surface area contributed by atoms with E-state index in [1.54, 1.807) is 7.11 Å². The van der Waals surface area contributed by atoms with Gasteiger partial charge in [-0.05, 0) is 38.5 Å². The Morgan fingerprint density at radius 2 is 2.00 bits per heavy atom. The molecule has 0 aliphatic rings. The highest BCUT2D eigenvalue weighted by molar-refractivity contribution is 5.98. The van der Waals surface area contributed by atoms with Crippen LogP contribution in [0.4, 0.5) is 0 Å². The number of benzene rings is 1. The molecule has 0 saturated carbocycles. The Morgan fingerprint density at radius 3 is 2.68 bits per heavy atom. The van der Waals surface area contributed by atoms with E-state index in [0.29, 0.717) is 19.0 Å². The molecule has 2 aromatic heterocycles. The molecule has 160 valence electrons. The van der Waals surface area contributed by atoms with Gasteiger partial charge in [-0.3, -0.25) is 0 Å². The van der Waals surface area contributed by atoms with Gasteiger partial charge in [-0.15, -0.1) is 0 Å². The average molecular weight is 420 g/mol. The van der Waals surface area contributed by atoms with Crippen molar-refractivity contribution in [3.63, 3.8) is 0 Å². The lowest BCUT2D eigenvalue weighted by Crippen LogP contribution is -2.08. The summed E-state index contributed by atoms with van der Waals surface area (Å²) in [5.74, 6) is -0.191. The molecule has 8 nitrogen and oxygen atoms in total. The summed E-state index contributed by atoms with van der Waals surface area (Å²) in [7, 11) is 1.64. The lowest BCUT2D eigenvalue weighted by molar-refractivity contribution is -0.140. The third kappa shape index (κ3) is 5.27. The standard InChI is InChI=1S/C23H24N4O4/c1-15-5-7-18(8-6-15)22-25-21(31-26-22)14-30-23(28)20(13-24)12-19-11-16(2)27(17(19)3)9-10-29-4/h5-8,11-12H,9-10,14H2,1-4H3/b20-12+. The van der Waals surface area contributed by atoms with E-state index in [0.717, 1.165) is 28.1 Å². The predicted octanol–water partition coefficient (Wildman–Crippen LogP) is 3.76. The summed E-state index contributed by atoms with van der Waals surface area (Å²) in [5.41, 5.74) is 4.55. The van der Waals surface area contributed by atoms with Crippen LogP contribution in [-0.4, -0.2) is 34.4 Å². The molecule has 3 rings (SSSR count). The first-order valence-electron chi connectivity index (χ1n) is 9.77. The fourth-order valence-electron chi connectivity index (χ4n) is 3.13. The maximum Gasteiger partial charge on any atom is 0.349 e. The summed E-state index contributed by atoms with van der Waals surface area (Å²) in [4.78, 5) is 16.6. The highest BCUT2D eigenvalue weighted by atomic mass is 16.6. The maximum absolute atomic E-state index is 12.4. The first kappa shape index (κ1) is 22.0. The summed E-state index contributed by atoms with van der Waals surface area (Å²) < 4.78 is 17.6. The molecule has 0 aliphatic carbocycles. The number of nitrogens with zero attached hydrogens (tertiary/aromatic N) is 4. The first-order chi connectivity index (χ1) is 14.9. The molecule has 2 heterocycles. The van der Waals surface area contributed by atoms with Gasteiger partial charge in [-0.2, -0.15) is 10.2 Å². The zero-order valence-corrected chi connectivity index (χ0v) is 18.0. The second kappa shape index (κ2) is 9.87. The van der Waals surface area contributed by atoms with Gasteiger partial charge in [0.05, 0.1) is 6.61 Å². The minimum absolute atomic E-state index is 0.106. The Hall–Kier alpha value is -3.70. The van der Waals surface area contributed by atoms with Gasteiger partial charge < -0.3 is 18.6 Å². The Kier molecular flexibility index (Phi) is 7.00. The van der Waals surface area contributed by atoms with Crippen LogP contribution in [0.5, 0.6) is 0 Å². The molecule has 0 fully saturated rings. The first-order valence-corrected chi connectivity index (χ1v) is 9.77. The van der Waals surface area contributed by atoms with Gasteiger partial charge in [0, 0.05) is 30.6 Å². The fourth-order valence-corrected chi connectivity index (χ4v) is 3.13. The van der Waals surface area contributed by atoms with Crippen molar-refractivity contribution in [2.75, 3.05) is 13.7 Å². The average Bonchev–Trinajstić information content (AvgIpc) is 3.34. The van der Waals surface area contributed by atoms with Crippen LogP contribution in [0.2, 0.25) is 0 Å². The number of ether oxygens (including phenoxy) is 2. The van der Waals surface area contributed by atoms with E-state index >= 15 is 0 Å². The van der Waals surface area contributed by atoms with Gasteiger partial charge in [-0.1, -0.05) is 35.0 Å². The van der Waals surface area contributed by atoms with Gasteiger partial charge in [-0.25, -0.2) is 4.79 Å². The summed E-state index contributed by atoms with van der Waals surface area (Å²) in [6.45, 7) is 6.92. The van der Waals surface area contributed by atoms with Crippen molar-refractivity contribution in [1.82, 2.24) is 14.7 Å². The molecule has 0 bridgehead atoms. The third-order valence-corrected chi connectivity index (χ3v) is 4.88. The number of nitriles is 1. The Labute approximate surface area is 180 Å². The van der Waals surface area contributed by atoms with Crippen molar-refractivity contribution in [3.05, 3.63) is 64.3 Å². The number of methoxy groups -OCH3 is 1. The van der Waals surface area contributed by atoms with E-state index in [1.807, 2.05) is 57.2 Å². The van der Waals surface area contributed by atoms with Crippen LogP contribution in [0.25, 0.3) is 17.5 Å². The largest absolute Gasteiger partial charge is 0.451 e. The topological polar surface area (TPSA) is 103 Å². The van der Waals surface area contributed by atoms with Crippen molar-refractivity contribution in [1.29, 1.82) is 5.26 Å². The number of aryl methyl sites for hydroxylation is 2. The van der Waals surface area contributed by atoms with Gasteiger partial charge in [0.2, 0.25) is 5.82 Å². The molecule has 8 heteroatoms. The summed E-state index contributed by atoms with van der Waals surface area (Å²) in [6, 6.07) is 11.5. The number of carbonyl (C=O) groups excluding carboxylic acids is 1. The molecule has 0 spiro atoms. The fraction of sp³-hybridized carbons (Fsp3) is 0.304. The molecule has 31 heavy (non-hydrogen) atoms. The number of hydrogen-bond acceptors (Lipinski definition) is 7. The Morgan fingerprint density at radius 1 is 1.26 bits per heavy atom. The maximum atomic E-state index is 12.4. The smallest absolute Gasteiger partial charge is 0.349 e. The molecule has 0 radical (unpaired) electrons. The van der Waals surface area contributed by atoms with Crippen molar-refractivity contribution in [3.8, 4) is 17.5 Å². The normalized spacial score (nSPS) is 11.4. The second-order valence-corrected chi connectivity index (χ2v) is 7.09. The Bertz CT molecular complexity index is 1130. The van der Waals surface area contributed by atoms with E-state index in [9.17, 15) is 10.1 Å². The van der Waals surface area contributed by atoms with Crippen LogP contribution in [0, 0.1) is 32.1 Å². The summed E-state index contributed by atoms with van der Waals surface area (Å²) in [6.07, 6.45) is 1.53. The lowest BCUT2D eigenvalue weighted by atomic mass is 10.1. The van der Waals surface area contributed by atoms with Crippen LogP contribution < -0.4 is 0 Å². The van der Waals surface area contributed by atoms with Crippen LogP contribution in [0.3, 0.4) is 0 Å². The SMILES string of the molecule is COCCn1c(C)cc(/C=C(\C#N)C(=O)OCc2nc(-c3ccc(C)cc3)no2)c1C. The van der Waals surface area contributed by atoms with Gasteiger partial charge in [0.1, 0.15) is 11.6 Å². The minimum Gasteiger partial charge on any atom is -0.451 e. The number of esters is 1. The van der Waals surface area contributed by atoms with Crippen LogP contribution in [-0.2, 0) is 27.4 Å². The Balaban J connectivity index is 1.68. The van der Waals surface area contributed by atoms with Crippen LogP contribution in [0.1, 0.15) is 28.4 Å². The van der Waals surface area contributed by atoms with E-state index < -0.39 is 5.97 Å². The molecule has 0 amide bonds. The number of carbonyl (C=O) groups is 1. The zero-order valence-electron chi connectivity index (χ0n) is 18.0. The molecule has 0 N–H and O–H groups in total.